The highest BCUT2D eigenvalue weighted by Gasteiger charge is 2.13. The summed E-state index contributed by atoms with van der Waals surface area (Å²) < 4.78 is 33.9. The zero-order valence-electron chi connectivity index (χ0n) is 13.2. The number of benzene rings is 2. The van der Waals surface area contributed by atoms with E-state index in [1.807, 2.05) is 0 Å². The van der Waals surface area contributed by atoms with E-state index < -0.39 is 25.0 Å². The van der Waals surface area contributed by atoms with Crippen LogP contribution in [-0.2, 0) is 16.1 Å². The lowest BCUT2D eigenvalue weighted by atomic mass is 10.2. The van der Waals surface area contributed by atoms with Crippen molar-refractivity contribution in [1.29, 1.82) is 0 Å². The molecular formula is C17H13Cl2F2NO4. The van der Waals surface area contributed by atoms with Crippen LogP contribution in [0.25, 0.3) is 0 Å². The van der Waals surface area contributed by atoms with Gasteiger partial charge in [-0.1, -0.05) is 41.4 Å². The van der Waals surface area contributed by atoms with E-state index in [4.69, 9.17) is 27.9 Å². The minimum absolute atomic E-state index is 0.0878. The third-order valence-corrected chi connectivity index (χ3v) is 3.89. The molecule has 5 nitrogen and oxygen atoms in total. The van der Waals surface area contributed by atoms with Gasteiger partial charge in [-0.2, -0.15) is 8.78 Å². The number of carbonyl (C=O) groups is 2. The Morgan fingerprint density at radius 3 is 2.50 bits per heavy atom. The molecule has 0 heterocycles. The van der Waals surface area contributed by atoms with Gasteiger partial charge in [-0.05, 0) is 24.3 Å². The van der Waals surface area contributed by atoms with E-state index in [0.29, 0.717) is 5.02 Å². The van der Waals surface area contributed by atoms with E-state index in [0.717, 1.165) is 0 Å². The molecule has 2 aromatic carbocycles. The van der Waals surface area contributed by atoms with Gasteiger partial charge < -0.3 is 14.8 Å². The number of alkyl halides is 2. The predicted molar refractivity (Wildman–Crippen MR) is 91.7 cm³/mol. The van der Waals surface area contributed by atoms with Crippen molar-refractivity contribution in [3.63, 3.8) is 0 Å². The molecule has 0 aromatic heterocycles. The molecule has 1 N–H and O–H groups in total. The quantitative estimate of drug-likeness (QED) is 0.707. The Morgan fingerprint density at radius 1 is 1.08 bits per heavy atom. The fourth-order valence-corrected chi connectivity index (χ4v) is 2.23. The molecule has 0 saturated heterocycles. The number of carbonyl (C=O) groups excluding carboxylic acids is 2. The summed E-state index contributed by atoms with van der Waals surface area (Å²) in [7, 11) is 0. The van der Waals surface area contributed by atoms with E-state index in [2.05, 4.69) is 10.1 Å². The fraction of sp³-hybridized carbons (Fsp3) is 0.176. The van der Waals surface area contributed by atoms with Gasteiger partial charge in [-0.15, -0.1) is 0 Å². The van der Waals surface area contributed by atoms with Gasteiger partial charge in [-0.3, -0.25) is 9.59 Å². The molecule has 0 spiro atoms. The summed E-state index contributed by atoms with van der Waals surface area (Å²) in [6, 6.07) is 10.2. The normalized spacial score (nSPS) is 10.5. The van der Waals surface area contributed by atoms with Crippen LogP contribution in [0.5, 0.6) is 5.75 Å². The van der Waals surface area contributed by atoms with Crippen LogP contribution in [0.2, 0.25) is 10.0 Å². The number of halogens is 4. The Hall–Kier alpha value is -2.38. The monoisotopic (exact) mass is 403 g/mol. The lowest BCUT2D eigenvalue weighted by Gasteiger charge is -2.11. The second-order valence-electron chi connectivity index (χ2n) is 4.96. The third kappa shape index (κ3) is 5.86. The zero-order valence-corrected chi connectivity index (χ0v) is 14.7. The molecule has 0 aliphatic carbocycles. The molecule has 0 bridgehead atoms. The minimum Gasteiger partial charge on any atom is -0.459 e. The fourth-order valence-electron chi connectivity index (χ4n) is 1.94. The summed E-state index contributed by atoms with van der Waals surface area (Å²) in [5.41, 5.74) is 0.500. The summed E-state index contributed by atoms with van der Waals surface area (Å²) in [5.74, 6) is -1.37. The van der Waals surface area contributed by atoms with Gasteiger partial charge in [-0.25, -0.2) is 0 Å². The number of para-hydroxylation sites is 1. The summed E-state index contributed by atoms with van der Waals surface area (Å²) in [6.45, 7) is -3.67. The molecule has 0 radical (unpaired) electrons. The number of nitrogens with one attached hydrogen (secondary N) is 1. The van der Waals surface area contributed by atoms with E-state index in [1.54, 1.807) is 6.07 Å². The SMILES string of the molecule is O=C(CNC(=O)c1ccc(Cl)c(Cl)c1)OCc1ccccc1OC(F)F. The third-order valence-electron chi connectivity index (χ3n) is 3.15. The van der Waals surface area contributed by atoms with Crippen molar-refractivity contribution in [2.24, 2.45) is 0 Å². The van der Waals surface area contributed by atoms with Gasteiger partial charge in [0.15, 0.2) is 0 Å². The van der Waals surface area contributed by atoms with Gasteiger partial charge in [0, 0.05) is 11.1 Å². The number of esters is 1. The number of ether oxygens (including phenoxy) is 2. The molecule has 1 amide bonds. The van der Waals surface area contributed by atoms with Crippen molar-refractivity contribution < 1.29 is 27.8 Å². The van der Waals surface area contributed by atoms with Crippen molar-refractivity contribution in [3.05, 3.63) is 63.6 Å². The standard InChI is InChI=1S/C17H13Cl2F2NO4/c18-12-6-5-10(7-13(12)19)16(24)22-8-15(23)25-9-11-3-1-2-4-14(11)26-17(20)21/h1-7,17H,8-9H2,(H,22,24). The van der Waals surface area contributed by atoms with Crippen LogP contribution < -0.4 is 10.1 Å². The maximum atomic E-state index is 12.3. The summed E-state index contributed by atoms with van der Waals surface area (Å²) in [5, 5.41) is 2.87. The highest BCUT2D eigenvalue weighted by atomic mass is 35.5. The first-order valence-corrected chi connectivity index (χ1v) is 8.04. The topological polar surface area (TPSA) is 64.6 Å². The largest absolute Gasteiger partial charge is 0.459 e. The molecule has 0 unspecified atom stereocenters. The molecule has 0 aliphatic rings. The molecular weight excluding hydrogens is 391 g/mol. The Bertz CT molecular complexity index is 802. The van der Waals surface area contributed by atoms with Crippen LogP contribution >= 0.6 is 23.2 Å². The van der Waals surface area contributed by atoms with E-state index in [1.165, 1.54) is 36.4 Å². The van der Waals surface area contributed by atoms with Crippen LogP contribution in [0.3, 0.4) is 0 Å². The van der Waals surface area contributed by atoms with E-state index in [9.17, 15) is 18.4 Å². The molecule has 138 valence electrons. The highest BCUT2D eigenvalue weighted by Crippen LogP contribution is 2.23. The number of rotatable bonds is 7. The Kier molecular flexibility index (Phi) is 7.17. The molecule has 0 atom stereocenters. The first kappa shape index (κ1) is 19.9. The lowest BCUT2D eigenvalue weighted by molar-refractivity contribution is -0.143. The van der Waals surface area contributed by atoms with Gasteiger partial charge in [0.05, 0.1) is 10.0 Å². The van der Waals surface area contributed by atoms with Crippen molar-refractivity contribution in [2.75, 3.05) is 6.54 Å². The average molecular weight is 404 g/mol. The maximum absolute atomic E-state index is 12.3. The van der Waals surface area contributed by atoms with Crippen molar-refractivity contribution in [3.8, 4) is 5.75 Å². The van der Waals surface area contributed by atoms with Crippen molar-refractivity contribution in [2.45, 2.75) is 13.2 Å². The summed E-state index contributed by atoms with van der Waals surface area (Å²) in [6.07, 6.45) is 0. The Balaban J connectivity index is 1.86. The van der Waals surface area contributed by atoms with Crippen molar-refractivity contribution in [1.82, 2.24) is 5.32 Å². The van der Waals surface area contributed by atoms with E-state index in [-0.39, 0.29) is 28.5 Å². The minimum atomic E-state index is -2.99. The molecule has 0 fully saturated rings. The van der Waals surface area contributed by atoms with Gasteiger partial charge in [0.1, 0.15) is 18.9 Å². The van der Waals surface area contributed by atoms with Crippen molar-refractivity contribution >= 4 is 35.1 Å². The Morgan fingerprint density at radius 2 is 1.81 bits per heavy atom. The first-order chi connectivity index (χ1) is 12.4. The summed E-state index contributed by atoms with van der Waals surface area (Å²) in [4.78, 5) is 23.7. The van der Waals surface area contributed by atoms with Gasteiger partial charge in [0.2, 0.25) is 0 Å². The second kappa shape index (κ2) is 9.35. The van der Waals surface area contributed by atoms with Gasteiger partial charge in [0.25, 0.3) is 5.91 Å². The molecule has 0 aliphatic heterocycles. The average Bonchev–Trinajstić information content (AvgIpc) is 2.60. The van der Waals surface area contributed by atoms with Crippen LogP contribution in [0.4, 0.5) is 8.78 Å². The zero-order chi connectivity index (χ0) is 19.1. The highest BCUT2D eigenvalue weighted by molar-refractivity contribution is 6.42. The number of amides is 1. The molecule has 26 heavy (non-hydrogen) atoms. The number of hydrogen-bond donors (Lipinski definition) is 1. The lowest BCUT2D eigenvalue weighted by Crippen LogP contribution is -2.30. The first-order valence-electron chi connectivity index (χ1n) is 7.28. The molecule has 0 saturated carbocycles. The van der Waals surface area contributed by atoms with Crippen LogP contribution in [0.15, 0.2) is 42.5 Å². The number of hydrogen-bond acceptors (Lipinski definition) is 4. The van der Waals surface area contributed by atoms with Crippen LogP contribution in [0, 0.1) is 0 Å². The molecule has 9 heteroatoms. The molecule has 2 aromatic rings. The van der Waals surface area contributed by atoms with Crippen LogP contribution in [-0.4, -0.2) is 25.0 Å². The predicted octanol–water partition coefficient (Wildman–Crippen LogP) is 4.07. The molecule has 2 rings (SSSR count). The maximum Gasteiger partial charge on any atom is 0.387 e. The smallest absolute Gasteiger partial charge is 0.387 e. The van der Waals surface area contributed by atoms with Gasteiger partial charge >= 0.3 is 12.6 Å². The second-order valence-corrected chi connectivity index (χ2v) is 5.77. The van der Waals surface area contributed by atoms with Crippen LogP contribution in [0.1, 0.15) is 15.9 Å². The summed E-state index contributed by atoms with van der Waals surface area (Å²) >= 11 is 11.6. The Labute approximate surface area is 157 Å². The van der Waals surface area contributed by atoms with E-state index >= 15 is 0 Å².